The normalized spacial score (nSPS) is 23.4. The topological polar surface area (TPSA) is 78.5 Å². The molecular formula is C16H19N3O3S. The van der Waals surface area contributed by atoms with Crippen LogP contribution in [0, 0.1) is 6.92 Å². The van der Waals surface area contributed by atoms with Crippen LogP contribution in [-0.2, 0) is 14.4 Å². The van der Waals surface area contributed by atoms with Gasteiger partial charge in [-0.2, -0.15) is 0 Å². The summed E-state index contributed by atoms with van der Waals surface area (Å²) in [6.45, 7) is 2.48. The summed E-state index contributed by atoms with van der Waals surface area (Å²) in [4.78, 5) is 38.3. The molecular weight excluding hydrogens is 314 g/mol. The van der Waals surface area contributed by atoms with Gasteiger partial charge in [0.1, 0.15) is 6.04 Å². The van der Waals surface area contributed by atoms with Gasteiger partial charge in [0.15, 0.2) is 0 Å². The predicted molar refractivity (Wildman–Crippen MR) is 87.0 cm³/mol. The van der Waals surface area contributed by atoms with Gasteiger partial charge in [-0.3, -0.25) is 14.4 Å². The van der Waals surface area contributed by atoms with Crippen LogP contribution in [0.25, 0.3) is 0 Å². The van der Waals surface area contributed by atoms with E-state index in [-0.39, 0.29) is 30.3 Å². The molecule has 2 fully saturated rings. The number of hydrogen-bond donors (Lipinski definition) is 2. The van der Waals surface area contributed by atoms with Crippen LogP contribution in [0.1, 0.15) is 12.0 Å². The number of piperazine rings is 1. The van der Waals surface area contributed by atoms with Crippen LogP contribution in [-0.4, -0.2) is 53.5 Å². The molecule has 3 rings (SSSR count). The van der Waals surface area contributed by atoms with Crippen LogP contribution in [0.4, 0.5) is 0 Å². The molecule has 2 saturated heterocycles. The molecule has 0 aliphatic carbocycles. The Bertz CT molecular complexity index is 625. The predicted octanol–water partition coefficient (Wildman–Crippen LogP) is 0.303. The van der Waals surface area contributed by atoms with Crippen LogP contribution in [0.15, 0.2) is 29.2 Å². The summed E-state index contributed by atoms with van der Waals surface area (Å²) in [6.07, 6.45) is 0.484. The highest BCUT2D eigenvalue weighted by molar-refractivity contribution is 8.00. The molecule has 2 N–H and O–H groups in total. The SMILES string of the molecule is Cc1ccccc1SCC(=O)N[C@H]1C[C@H]2C(=O)NCC(=O)N2C1. The highest BCUT2D eigenvalue weighted by atomic mass is 32.2. The minimum atomic E-state index is -0.439. The highest BCUT2D eigenvalue weighted by Gasteiger charge is 2.42. The van der Waals surface area contributed by atoms with Crippen LogP contribution in [0.3, 0.4) is 0 Å². The molecule has 23 heavy (non-hydrogen) atoms. The first-order valence-electron chi connectivity index (χ1n) is 7.59. The summed E-state index contributed by atoms with van der Waals surface area (Å²) in [5.74, 6) is 0.0406. The molecule has 122 valence electrons. The Labute approximate surface area is 139 Å². The van der Waals surface area contributed by atoms with Gasteiger partial charge in [0.2, 0.25) is 17.7 Å². The van der Waals surface area contributed by atoms with Crippen molar-refractivity contribution in [2.75, 3.05) is 18.8 Å². The molecule has 0 aromatic heterocycles. The van der Waals surface area contributed by atoms with E-state index in [1.165, 1.54) is 11.8 Å². The Morgan fingerprint density at radius 2 is 2.17 bits per heavy atom. The molecule has 7 heteroatoms. The lowest BCUT2D eigenvalue weighted by atomic mass is 10.1. The Morgan fingerprint density at radius 3 is 2.91 bits per heavy atom. The largest absolute Gasteiger partial charge is 0.351 e. The number of aryl methyl sites for hydroxylation is 1. The zero-order valence-electron chi connectivity index (χ0n) is 12.9. The van der Waals surface area contributed by atoms with Crippen LogP contribution in [0.5, 0.6) is 0 Å². The Hall–Kier alpha value is -2.02. The maximum Gasteiger partial charge on any atom is 0.243 e. The third-order valence-corrected chi connectivity index (χ3v) is 5.33. The standard InChI is InChI=1S/C16H19N3O3S/c1-10-4-2-3-5-13(10)23-9-14(20)18-11-6-12-16(22)17-7-15(21)19(12)8-11/h2-5,11-12H,6-9H2,1H3,(H,17,22)(H,18,20)/t11-,12-/m0/s1. The molecule has 2 atom stereocenters. The fourth-order valence-electron chi connectivity index (χ4n) is 2.98. The van der Waals surface area contributed by atoms with Crippen LogP contribution < -0.4 is 10.6 Å². The summed E-state index contributed by atoms with van der Waals surface area (Å²) in [5.41, 5.74) is 1.14. The lowest BCUT2D eigenvalue weighted by Crippen LogP contribution is -2.55. The quantitative estimate of drug-likeness (QED) is 0.777. The Balaban J connectivity index is 1.52. The van der Waals surface area contributed by atoms with Gasteiger partial charge in [-0.1, -0.05) is 18.2 Å². The van der Waals surface area contributed by atoms with Crippen molar-refractivity contribution in [3.63, 3.8) is 0 Å². The zero-order chi connectivity index (χ0) is 16.4. The average molecular weight is 333 g/mol. The first-order valence-corrected chi connectivity index (χ1v) is 8.58. The van der Waals surface area contributed by atoms with Gasteiger partial charge in [0, 0.05) is 17.5 Å². The van der Waals surface area contributed by atoms with E-state index in [1.54, 1.807) is 4.90 Å². The van der Waals surface area contributed by atoms with Gasteiger partial charge < -0.3 is 15.5 Å². The van der Waals surface area contributed by atoms with E-state index in [0.717, 1.165) is 10.5 Å². The number of carbonyl (C=O) groups is 3. The number of nitrogens with one attached hydrogen (secondary N) is 2. The molecule has 2 aliphatic heterocycles. The maximum absolute atomic E-state index is 12.1. The summed E-state index contributed by atoms with van der Waals surface area (Å²) in [7, 11) is 0. The number of rotatable bonds is 4. The van der Waals surface area contributed by atoms with E-state index in [9.17, 15) is 14.4 Å². The van der Waals surface area contributed by atoms with Crippen molar-refractivity contribution >= 4 is 29.5 Å². The van der Waals surface area contributed by atoms with E-state index in [0.29, 0.717) is 18.7 Å². The molecule has 2 aliphatic rings. The van der Waals surface area contributed by atoms with Crippen molar-refractivity contribution in [2.45, 2.75) is 30.3 Å². The molecule has 3 amide bonds. The highest BCUT2D eigenvalue weighted by Crippen LogP contribution is 2.23. The summed E-state index contributed by atoms with van der Waals surface area (Å²) < 4.78 is 0. The molecule has 0 spiro atoms. The van der Waals surface area contributed by atoms with Crippen molar-refractivity contribution in [2.24, 2.45) is 0 Å². The minimum absolute atomic E-state index is 0.0547. The number of hydrogen-bond acceptors (Lipinski definition) is 4. The fraction of sp³-hybridized carbons (Fsp3) is 0.438. The van der Waals surface area contributed by atoms with Gasteiger partial charge in [-0.25, -0.2) is 0 Å². The number of amides is 3. The second kappa shape index (κ2) is 6.62. The summed E-state index contributed by atoms with van der Waals surface area (Å²) in [6, 6.07) is 7.33. The second-order valence-electron chi connectivity index (χ2n) is 5.83. The Kier molecular flexibility index (Phi) is 4.56. The van der Waals surface area contributed by atoms with Gasteiger partial charge in [0.05, 0.1) is 12.3 Å². The molecule has 0 radical (unpaired) electrons. The van der Waals surface area contributed by atoms with E-state index in [4.69, 9.17) is 0 Å². The number of carbonyl (C=O) groups excluding carboxylic acids is 3. The van der Waals surface area contributed by atoms with Crippen LogP contribution in [0.2, 0.25) is 0 Å². The first-order chi connectivity index (χ1) is 11.0. The number of nitrogens with zero attached hydrogens (tertiary/aromatic N) is 1. The van der Waals surface area contributed by atoms with Crippen molar-refractivity contribution < 1.29 is 14.4 Å². The molecule has 0 bridgehead atoms. The average Bonchev–Trinajstić information content (AvgIpc) is 2.95. The monoisotopic (exact) mass is 333 g/mol. The lowest BCUT2D eigenvalue weighted by Gasteiger charge is -2.28. The first kappa shape index (κ1) is 15.9. The molecule has 1 aromatic rings. The van der Waals surface area contributed by atoms with Crippen molar-refractivity contribution in [3.8, 4) is 0 Å². The van der Waals surface area contributed by atoms with E-state index < -0.39 is 6.04 Å². The molecule has 1 aromatic carbocycles. The van der Waals surface area contributed by atoms with Gasteiger partial charge >= 0.3 is 0 Å². The van der Waals surface area contributed by atoms with Crippen LogP contribution >= 0.6 is 11.8 Å². The van der Waals surface area contributed by atoms with E-state index in [1.807, 2.05) is 31.2 Å². The third-order valence-electron chi connectivity index (χ3n) is 4.16. The number of fused-ring (bicyclic) bond motifs is 1. The molecule has 2 heterocycles. The maximum atomic E-state index is 12.1. The van der Waals surface area contributed by atoms with Crippen molar-refractivity contribution in [3.05, 3.63) is 29.8 Å². The summed E-state index contributed by atoms with van der Waals surface area (Å²) >= 11 is 1.49. The second-order valence-corrected chi connectivity index (χ2v) is 6.85. The Morgan fingerprint density at radius 1 is 1.39 bits per heavy atom. The van der Waals surface area contributed by atoms with Gasteiger partial charge in [0.25, 0.3) is 0 Å². The lowest BCUT2D eigenvalue weighted by molar-refractivity contribution is -0.143. The number of thioether (sulfide) groups is 1. The van der Waals surface area contributed by atoms with Crippen molar-refractivity contribution in [1.82, 2.24) is 15.5 Å². The zero-order valence-corrected chi connectivity index (χ0v) is 13.7. The van der Waals surface area contributed by atoms with E-state index >= 15 is 0 Å². The smallest absolute Gasteiger partial charge is 0.243 e. The van der Waals surface area contributed by atoms with E-state index in [2.05, 4.69) is 10.6 Å². The van der Waals surface area contributed by atoms with Gasteiger partial charge in [-0.05, 0) is 25.0 Å². The molecule has 6 nitrogen and oxygen atoms in total. The van der Waals surface area contributed by atoms with Gasteiger partial charge in [-0.15, -0.1) is 11.8 Å². The fourth-order valence-corrected chi connectivity index (χ4v) is 3.82. The summed E-state index contributed by atoms with van der Waals surface area (Å²) in [5, 5.41) is 5.52. The minimum Gasteiger partial charge on any atom is -0.351 e. The molecule has 0 unspecified atom stereocenters. The number of benzene rings is 1. The third kappa shape index (κ3) is 3.50. The van der Waals surface area contributed by atoms with Crippen molar-refractivity contribution in [1.29, 1.82) is 0 Å². The molecule has 0 saturated carbocycles.